The SMILES string of the molecule is C[C@@]1(c2cccnc2)NC(=O)N(Cc2ncnn2-c2ccccc2)C1=O. The average molecular weight is 348 g/mol. The Labute approximate surface area is 149 Å². The first-order valence-corrected chi connectivity index (χ1v) is 8.08. The Balaban J connectivity index is 1.64. The van der Waals surface area contributed by atoms with Gasteiger partial charge in [-0.15, -0.1) is 0 Å². The summed E-state index contributed by atoms with van der Waals surface area (Å²) in [6.07, 6.45) is 4.60. The molecule has 130 valence electrons. The maximum Gasteiger partial charge on any atom is 0.325 e. The van der Waals surface area contributed by atoms with Gasteiger partial charge in [-0.2, -0.15) is 5.10 Å². The number of benzene rings is 1. The summed E-state index contributed by atoms with van der Waals surface area (Å²) in [6, 6.07) is 12.5. The highest BCUT2D eigenvalue weighted by atomic mass is 16.2. The van der Waals surface area contributed by atoms with Crippen molar-refractivity contribution in [3.05, 3.63) is 72.6 Å². The van der Waals surface area contributed by atoms with Crippen molar-refractivity contribution in [1.29, 1.82) is 0 Å². The van der Waals surface area contributed by atoms with E-state index < -0.39 is 11.6 Å². The number of amides is 3. The highest BCUT2D eigenvalue weighted by Crippen LogP contribution is 2.29. The second-order valence-corrected chi connectivity index (χ2v) is 6.11. The van der Waals surface area contributed by atoms with Gasteiger partial charge in [0.05, 0.1) is 12.2 Å². The maximum absolute atomic E-state index is 13.0. The number of rotatable bonds is 4. The molecule has 1 aromatic carbocycles. The summed E-state index contributed by atoms with van der Waals surface area (Å²) in [7, 11) is 0. The molecule has 3 aromatic rings. The van der Waals surface area contributed by atoms with Gasteiger partial charge in [0, 0.05) is 18.0 Å². The Morgan fingerprint density at radius 2 is 1.92 bits per heavy atom. The molecule has 1 aliphatic rings. The highest BCUT2D eigenvalue weighted by molar-refractivity contribution is 6.07. The molecule has 4 rings (SSSR count). The van der Waals surface area contributed by atoms with Gasteiger partial charge < -0.3 is 5.32 Å². The van der Waals surface area contributed by atoms with Crippen molar-refractivity contribution in [2.24, 2.45) is 0 Å². The molecule has 3 heterocycles. The summed E-state index contributed by atoms with van der Waals surface area (Å²) in [6.45, 7) is 1.70. The van der Waals surface area contributed by atoms with Crippen molar-refractivity contribution >= 4 is 11.9 Å². The van der Waals surface area contributed by atoms with Gasteiger partial charge in [0.2, 0.25) is 0 Å². The van der Waals surface area contributed by atoms with Crippen LogP contribution in [0.3, 0.4) is 0 Å². The number of nitrogens with zero attached hydrogens (tertiary/aromatic N) is 5. The normalized spacial score (nSPS) is 19.7. The number of hydrogen-bond acceptors (Lipinski definition) is 5. The van der Waals surface area contributed by atoms with E-state index >= 15 is 0 Å². The van der Waals surface area contributed by atoms with E-state index in [1.807, 2.05) is 30.3 Å². The van der Waals surface area contributed by atoms with Gasteiger partial charge in [0.1, 0.15) is 11.9 Å². The Morgan fingerprint density at radius 3 is 2.65 bits per heavy atom. The molecule has 8 nitrogen and oxygen atoms in total. The standard InChI is InChI=1S/C18H16N6O2/c1-18(13-6-5-9-19-10-13)16(25)23(17(26)22-18)11-15-20-12-21-24(15)14-7-3-2-4-8-14/h2-10,12H,11H2,1H3,(H,22,26)/t18-/m0/s1. The minimum atomic E-state index is -1.15. The Bertz CT molecular complexity index is 956. The second kappa shape index (κ2) is 6.07. The molecule has 1 fully saturated rings. The molecule has 1 saturated heterocycles. The lowest BCUT2D eigenvalue weighted by Crippen LogP contribution is -2.41. The van der Waals surface area contributed by atoms with Gasteiger partial charge in [-0.25, -0.2) is 14.5 Å². The third-order valence-electron chi connectivity index (χ3n) is 4.43. The molecule has 0 unspecified atom stereocenters. The molecule has 0 radical (unpaired) electrons. The van der Waals surface area contributed by atoms with Gasteiger partial charge >= 0.3 is 6.03 Å². The van der Waals surface area contributed by atoms with E-state index in [9.17, 15) is 9.59 Å². The second-order valence-electron chi connectivity index (χ2n) is 6.11. The minimum absolute atomic E-state index is 0.0232. The number of para-hydroxylation sites is 1. The van der Waals surface area contributed by atoms with Gasteiger partial charge in [0.25, 0.3) is 5.91 Å². The molecular formula is C18H16N6O2. The summed E-state index contributed by atoms with van der Waals surface area (Å²) < 4.78 is 1.61. The Kier molecular flexibility index (Phi) is 3.72. The third kappa shape index (κ3) is 2.52. The van der Waals surface area contributed by atoms with E-state index in [0.717, 1.165) is 10.6 Å². The lowest BCUT2D eigenvalue weighted by atomic mass is 9.93. The summed E-state index contributed by atoms with van der Waals surface area (Å²) in [5.41, 5.74) is 0.288. The fraction of sp³-hybridized carbons (Fsp3) is 0.167. The molecule has 26 heavy (non-hydrogen) atoms. The van der Waals surface area contributed by atoms with Crippen LogP contribution >= 0.6 is 0 Å². The van der Waals surface area contributed by atoms with Crippen molar-refractivity contribution in [3.63, 3.8) is 0 Å². The fourth-order valence-corrected chi connectivity index (χ4v) is 2.99. The van der Waals surface area contributed by atoms with Gasteiger partial charge in [0.15, 0.2) is 5.82 Å². The molecule has 2 aromatic heterocycles. The molecule has 1 atom stereocenters. The summed E-state index contributed by atoms with van der Waals surface area (Å²) in [4.78, 5) is 34.8. The zero-order valence-electron chi connectivity index (χ0n) is 14.0. The lowest BCUT2D eigenvalue weighted by molar-refractivity contribution is -0.131. The molecule has 0 spiro atoms. The molecule has 1 N–H and O–H groups in total. The number of aromatic nitrogens is 4. The number of imide groups is 1. The smallest absolute Gasteiger partial charge is 0.319 e. The van der Waals surface area contributed by atoms with Crippen LogP contribution in [0.25, 0.3) is 5.69 Å². The molecule has 1 aliphatic heterocycles. The van der Waals surface area contributed by atoms with E-state index in [4.69, 9.17) is 0 Å². The van der Waals surface area contributed by atoms with Crippen LogP contribution in [0.4, 0.5) is 4.79 Å². The number of carbonyl (C=O) groups excluding carboxylic acids is 2. The monoisotopic (exact) mass is 348 g/mol. The van der Waals surface area contributed by atoms with E-state index in [1.54, 1.807) is 36.1 Å². The molecule has 8 heteroatoms. The zero-order valence-corrected chi connectivity index (χ0v) is 14.0. The van der Waals surface area contributed by atoms with Gasteiger partial charge in [-0.05, 0) is 25.1 Å². The topological polar surface area (TPSA) is 93.0 Å². The number of urea groups is 1. The largest absolute Gasteiger partial charge is 0.325 e. The molecule has 0 saturated carbocycles. The average Bonchev–Trinajstić information content (AvgIpc) is 3.22. The van der Waals surface area contributed by atoms with Gasteiger partial charge in [-0.1, -0.05) is 24.3 Å². The zero-order chi connectivity index (χ0) is 18.1. The quantitative estimate of drug-likeness (QED) is 0.724. The number of hydrogen-bond donors (Lipinski definition) is 1. The lowest BCUT2D eigenvalue weighted by Gasteiger charge is -2.21. The molecule has 0 bridgehead atoms. The van der Waals surface area contributed by atoms with E-state index in [0.29, 0.717) is 11.4 Å². The molecule has 0 aliphatic carbocycles. The number of carbonyl (C=O) groups is 2. The summed E-state index contributed by atoms with van der Waals surface area (Å²) in [5, 5.41) is 6.96. The van der Waals surface area contributed by atoms with E-state index in [2.05, 4.69) is 20.4 Å². The first-order chi connectivity index (χ1) is 12.6. The minimum Gasteiger partial charge on any atom is -0.319 e. The highest BCUT2D eigenvalue weighted by Gasteiger charge is 2.49. The van der Waals surface area contributed by atoms with Crippen molar-refractivity contribution in [1.82, 2.24) is 30.0 Å². The van der Waals surface area contributed by atoms with Crippen LogP contribution in [-0.4, -0.2) is 36.6 Å². The maximum atomic E-state index is 13.0. The first-order valence-electron chi connectivity index (χ1n) is 8.08. The first kappa shape index (κ1) is 15.9. The Morgan fingerprint density at radius 1 is 1.12 bits per heavy atom. The van der Waals surface area contributed by atoms with E-state index in [1.165, 1.54) is 6.33 Å². The van der Waals surface area contributed by atoms with Crippen molar-refractivity contribution < 1.29 is 9.59 Å². The van der Waals surface area contributed by atoms with E-state index in [-0.39, 0.29) is 12.5 Å². The summed E-state index contributed by atoms with van der Waals surface area (Å²) in [5.74, 6) is 0.147. The number of pyridine rings is 1. The Hall–Kier alpha value is -3.55. The van der Waals surface area contributed by atoms with Crippen LogP contribution < -0.4 is 5.32 Å². The predicted molar refractivity (Wildman–Crippen MR) is 92.0 cm³/mol. The van der Waals surface area contributed by atoms with Crippen LogP contribution in [0.2, 0.25) is 0 Å². The van der Waals surface area contributed by atoms with Crippen molar-refractivity contribution in [3.8, 4) is 5.69 Å². The van der Waals surface area contributed by atoms with Crippen LogP contribution in [0.1, 0.15) is 18.3 Å². The fourth-order valence-electron chi connectivity index (χ4n) is 2.99. The predicted octanol–water partition coefficient (Wildman–Crippen LogP) is 1.63. The van der Waals surface area contributed by atoms with Crippen LogP contribution in [0, 0.1) is 0 Å². The third-order valence-corrected chi connectivity index (χ3v) is 4.43. The summed E-state index contributed by atoms with van der Waals surface area (Å²) >= 11 is 0. The molecule has 3 amide bonds. The van der Waals surface area contributed by atoms with Crippen LogP contribution in [-0.2, 0) is 16.9 Å². The number of nitrogens with one attached hydrogen (secondary N) is 1. The van der Waals surface area contributed by atoms with Crippen molar-refractivity contribution in [2.75, 3.05) is 0 Å². The van der Waals surface area contributed by atoms with Crippen molar-refractivity contribution in [2.45, 2.75) is 19.0 Å². The van der Waals surface area contributed by atoms with Crippen LogP contribution in [0.5, 0.6) is 0 Å². The van der Waals surface area contributed by atoms with Gasteiger partial charge in [-0.3, -0.25) is 14.7 Å². The van der Waals surface area contributed by atoms with Crippen LogP contribution in [0.15, 0.2) is 61.2 Å². The molecular weight excluding hydrogens is 332 g/mol.